The molecule has 0 rings (SSSR count). The number of carbonyl (C=O) groups is 4. The van der Waals surface area contributed by atoms with E-state index in [1.807, 2.05) is 0 Å². The molecule has 0 amide bonds. The maximum absolute atomic E-state index is 13.0. The van der Waals surface area contributed by atoms with Crippen LogP contribution in [0.3, 0.4) is 0 Å². The van der Waals surface area contributed by atoms with Gasteiger partial charge in [-0.1, -0.05) is 287 Å². The zero-order valence-electron chi connectivity index (χ0n) is 57.3. The van der Waals surface area contributed by atoms with Gasteiger partial charge in [0.15, 0.2) is 12.2 Å². The fourth-order valence-corrected chi connectivity index (χ4v) is 11.8. The molecule has 0 aliphatic heterocycles. The van der Waals surface area contributed by atoms with Crippen LogP contribution in [0.4, 0.5) is 0 Å². The van der Waals surface area contributed by atoms with Crippen LogP contribution in [0.25, 0.3) is 0 Å². The molecule has 0 radical (unpaired) electrons. The number of rotatable bonds is 66. The van der Waals surface area contributed by atoms with Crippen LogP contribution in [0.2, 0.25) is 0 Å². The summed E-state index contributed by atoms with van der Waals surface area (Å²) in [6, 6.07) is 0. The summed E-state index contributed by atoms with van der Waals surface area (Å²) in [5, 5.41) is 10.6. The highest BCUT2D eigenvalue weighted by Gasteiger charge is 2.30. The van der Waals surface area contributed by atoms with Gasteiger partial charge in [0.2, 0.25) is 0 Å². The molecule has 8 atom stereocenters. The van der Waals surface area contributed by atoms with E-state index >= 15 is 0 Å². The van der Waals surface area contributed by atoms with Crippen LogP contribution in [-0.4, -0.2) is 96.7 Å². The number of unbranched alkanes of at least 4 members (excludes halogenated alkanes) is 29. The molecule has 5 unspecified atom stereocenters. The number of phosphoric ester groups is 2. The van der Waals surface area contributed by atoms with Gasteiger partial charge in [-0.25, -0.2) is 9.13 Å². The highest BCUT2D eigenvalue weighted by Crippen LogP contribution is 2.45. The third-order valence-corrected chi connectivity index (χ3v) is 18.8. The average Bonchev–Trinajstić information content (AvgIpc) is 3.52. The molecule has 3 N–H and O–H groups in total. The summed E-state index contributed by atoms with van der Waals surface area (Å²) in [6.07, 6.45) is 40.3. The lowest BCUT2D eigenvalue weighted by molar-refractivity contribution is -0.161. The minimum atomic E-state index is -4.95. The fraction of sp³-hybridized carbons (Fsp3) is 0.942. The van der Waals surface area contributed by atoms with Crippen molar-refractivity contribution in [2.75, 3.05) is 39.6 Å². The summed E-state index contributed by atoms with van der Waals surface area (Å²) in [7, 11) is -9.90. The quantitative estimate of drug-likeness (QED) is 0.0222. The maximum atomic E-state index is 13.0. The van der Waals surface area contributed by atoms with Crippen molar-refractivity contribution in [3.63, 3.8) is 0 Å². The molecule has 17 nitrogen and oxygen atoms in total. The molecule has 0 aromatic carbocycles. The highest BCUT2D eigenvalue weighted by molar-refractivity contribution is 7.47. The van der Waals surface area contributed by atoms with Crippen LogP contribution in [-0.2, 0) is 65.4 Å². The zero-order valence-corrected chi connectivity index (χ0v) is 59.1. The number of aliphatic hydroxyl groups is 1. The number of phosphoric acid groups is 2. The predicted octanol–water partition coefficient (Wildman–Crippen LogP) is 19.3. The molecule has 522 valence electrons. The van der Waals surface area contributed by atoms with E-state index in [0.29, 0.717) is 25.7 Å². The van der Waals surface area contributed by atoms with Gasteiger partial charge in [0.05, 0.1) is 26.4 Å². The molecule has 0 aliphatic rings. The van der Waals surface area contributed by atoms with Gasteiger partial charge < -0.3 is 33.8 Å². The molecule has 0 saturated heterocycles. The summed E-state index contributed by atoms with van der Waals surface area (Å²) < 4.78 is 68.2. The number of carbonyl (C=O) groups excluding carboxylic acids is 4. The smallest absolute Gasteiger partial charge is 0.462 e. The van der Waals surface area contributed by atoms with Crippen molar-refractivity contribution in [2.45, 2.75) is 356 Å². The molecule has 0 heterocycles. The lowest BCUT2D eigenvalue weighted by Crippen LogP contribution is -2.30. The van der Waals surface area contributed by atoms with E-state index < -0.39 is 97.5 Å². The van der Waals surface area contributed by atoms with Gasteiger partial charge in [-0.2, -0.15) is 0 Å². The largest absolute Gasteiger partial charge is 0.472 e. The Morgan fingerprint density at radius 2 is 0.545 bits per heavy atom. The van der Waals surface area contributed by atoms with Crippen LogP contribution < -0.4 is 0 Å². The number of hydrogen-bond donors (Lipinski definition) is 3. The second-order valence-corrected chi connectivity index (χ2v) is 29.0. The monoisotopic (exact) mass is 1300 g/mol. The van der Waals surface area contributed by atoms with E-state index in [-0.39, 0.29) is 25.7 Å². The Balaban J connectivity index is 5.26. The molecule has 0 bridgehead atoms. The third kappa shape index (κ3) is 59.1. The van der Waals surface area contributed by atoms with E-state index in [9.17, 15) is 43.2 Å². The molecule has 0 aromatic rings. The van der Waals surface area contributed by atoms with Crippen molar-refractivity contribution in [3.05, 3.63) is 0 Å². The summed E-state index contributed by atoms with van der Waals surface area (Å²) in [5.41, 5.74) is 0. The number of aliphatic hydroxyl groups excluding tert-OH is 1. The second kappa shape index (κ2) is 58.8. The molecule has 0 aromatic heterocycles. The Bertz CT molecular complexity index is 1750. The topological polar surface area (TPSA) is 237 Å². The first-order valence-corrected chi connectivity index (χ1v) is 38.8. The van der Waals surface area contributed by atoms with Gasteiger partial charge >= 0.3 is 39.5 Å². The van der Waals surface area contributed by atoms with Gasteiger partial charge in [0, 0.05) is 25.7 Å². The Kier molecular flexibility index (Phi) is 57.6. The van der Waals surface area contributed by atoms with Crippen molar-refractivity contribution >= 4 is 39.5 Å². The summed E-state index contributed by atoms with van der Waals surface area (Å²) in [6.45, 7) is 14.1. The van der Waals surface area contributed by atoms with Crippen molar-refractivity contribution in [1.82, 2.24) is 0 Å². The molecule has 0 aliphatic carbocycles. The highest BCUT2D eigenvalue weighted by atomic mass is 31.2. The van der Waals surface area contributed by atoms with Crippen LogP contribution in [0.5, 0.6) is 0 Å². The SMILES string of the molecule is CCC(C)CCCCCCCCCCC(=O)O[C@H](COC(=O)CCCCCCCCC(C)CC)COP(=O)(O)OC[C@H](O)COP(=O)(O)OC[C@@H](COC(=O)CCCCCCCCC(C)CC)OC(=O)CCCCCCCCCCCCCCCC(C)C. The number of esters is 4. The standard InChI is InChI=1S/C69H134O17P2/c1-9-60(6)46-38-30-22-19-20-24-36-44-52-69(74)86-65(56-80-67(72)50-42-34-28-26-32-40-48-62(8)11-3)58-84-88(77,78)82-54-63(70)53-81-87(75,76)83-57-64(55-79-66(71)49-41-33-27-25-31-39-47-61(7)10-2)85-68(73)51-43-35-23-18-16-14-12-13-15-17-21-29-37-45-59(4)5/h59-65,70H,9-58H2,1-8H3,(H,75,76)(H,77,78)/t60?,61?,62?,63-,64-,65-/m1/s1. The molecule has 88 heavy (non-hydrogen) atoms. The van der Waals surface area contributed by atoms with Gasteiger partial charge in [0.1, 0.15) is 19.3 Å². The van der Waals surface area contributed by atoms with E-state index in [2.05, 4.69) is 55.4 Å². The lowest BCUT2D eigenvalue weighted by Gasteiger charge is -2.21. The Morgan fingerprint density at radius 1 is 0.318 bits per heavy atom. The van der Waals surface area contributed by atoms with Gasteiger partial charge in [-0.3, -0.25) is 37.3 Å². The molecular weight excluding hydrogens is 1160 g/mol. The van der Waals surface area contributed by atoms with Crippen molar-refractivity contribution in [1.29, 1.82) is 0 Å². The molecular formula is C69H134O17P2. The molecule has 0 saturated carbocycles. The van der Waals surface area contributed by atoms with E-state index in [0.717, 1.165) is 126 Å². The van der Waals surface area contributed by atoms with E-state index in [1.54, 1.807) is 0 Å². The maximum Gasteiger partial charge on any atom is 0.472 e. The Hall–Kier alpha value is -1.94. The first-order valence-electron chi connectivity index (χ1n) is 35.8. The van der Waals surface area contributed by atoms with Gasteiger partial charge in [-0.05, 0) is 49.4 Å². The molecule has 0 spiro atoms. The van der Waals surface area contributed by atoms with Gasteiger partial charge in [-0.15, -0.1) is 0 Å². The minimum absolute atomic E-state index is 0.103. The van der Waals surface area contributed by atoms with Crippen LogP contribution in [0, 0.1) is 23.7 Å². The summed E-state index contributed by atoms with van der Waals surface area (Å²) in [5.74, 6) is 0.884. The van der Waals surface area contributed by atoms with Crippen LogP contribution in [0.15, 0.2) is 0 Å². The summed E-state index contributed by atoms with van der Waals surface area (Å²) >= 11 is 0. The Morgan fingerprint density at radius 3 is 0.807 bits per heavy atom. The van der Waals surface area contributed by atoms with E-state index in [1.165, 1.54) is 128 Å². The zero-order chi connectivity index (χ0) is 65.4. The second-order valence-electron chi connectivity index (χ2n) is 26.1. The first-order chi connectivity index (χ1) is 42.2. The summed E-state index contributed by atoms with van der Waals surface area (Å²) in [4.78, 5) is 72.5. The fourth-order valence-electron chi connectivity index (χ4n) is 10.2. The molecule has 19 heteroatoms. The molecule has 0 fully saturated rings. The Labute approximate surface area is 537 Å². The van der Waals surface area contributed by atoms with Crippen molar-refractivity contribution in [3.8, 4) is 0 Å². The third-order valence-electron chi connectivity index (χ3n) is 16.9. The van der Waals surface area contributed by atoms with Crippen LogP contribution in [0.1, 0.15) is 338 Å². The van der Waals surface area contributed by atoms with Gasteiger partial charge in [0.25, 0.3) is 0 Å². The lowest BCUT2D eigenvalue weighted by atomic mass is 9.99. The van der Waals surface area contributed by atoms with Crippen LogP contribution >= 0.6 is 15.6 Å². The normalized spacial score (nSPS) is 15.2. The minimum Gasteiger partial charge on any atom is -0.462 e. The van der Waals surface area contributed by atoms with Crippen molar-refractivity contribution in [2.24, 2.45) is 23.7 Å². The number of hydrogen-bond acceptors (Lipinski definition) is 15. The predicted molar refractivity (Wildman–Crippen MR) is 354 cm³/mol. The number of ether oxygens (including phenoxy) is 4. The van der Waals surface area contributed by atoms with Crippen molar-refractivity contribution < 1.29 is 80.2 Å². The first kappa shape index (κ1) is 86.1. The average molecular weight is 1300 g/mol. The van der Waals surface area contributed by atoms with E-state index in [4.69, 9.17) is 37.0 Å².